The van der Waals surface area contributed by atoms with Crippen molar-refractivity contribution < 1.29 is 13.9 Å². The van der Waals surface area contributed by atoms with Gasteiger partial charge in [0.15, 0.2) is 11.5 Å². The fraction of sp³-hybridized carbons (Fsp3) is 0.0526. The summed E-state index contributed by atoms with van der Waals surface area (Å²) >= 11 is 0. The van der Waals surface area contributed by atoms with E-state index in [0.717, 1.165) is 5.56 Å². The zero-order valence-corrected chi connectivity index (χ0v) is 13.0. The van der Waals surface area contributed by atoms with E-state index in [0.29, 0.717) is 28.3 Å². The second kappa shape index (κ2) is 5.80. The lowest BCUT2D eigenvalue weighted by atomic mass is 9.98. The van der Waals surface area contributed by atoms with Crippen LogP contribution in [0.2, 0.25) is 0 Å². The van der Waals surface area contributed by atoms with Crippen LogP contribution in [0, 0.1) is 17.1 Å². The summed E-state index contributed by atoms with van der Waals surface area (Å²) in [6.07, 6.45) is 0. The van der Waals surface area contributed by atoms with Crippen LogP contribution in [0.1, 0.15) is 5.56 Å². The third kappa shape index (κ3) is 2.62. The Hall–Kier alpha value is -3.59. The van der Waals surface area contributed by atoms with Crippen LogP contribution >= 0.6 is 0 Å². The van der Waals surface area contributed by atoms with Gasteiger partial charge >= 0.3 is 0 Å². The quantitative estimate of drug-likeness (QED) is 0.772. The molecule has 5 nitrogen and oxygen atoms in total. The number of nitrogen functional groups attached to an aromatic ring is 1. The molecule has 3 aromatic rings. The number of hydrogen-bond donors (Lipinski definition) is 1. The Balaban J connectivity index is 1.89. The Kier molecular flexibility index (Phi) is 3.47. The average Bonchev–Trinajstić information content (AvgIpc) is 3.09. The first-order chi connectivity index (χ1) is 12.2. The monoisotopic (exact) mass is 333 g/mol. The van der Waals surface area contributed by atoms with Gasteiger partial charge in [-0.05, 0) is 48.0 Å². The molecular weight excluding hydrogens is 321 g/mol. The van der Waals surface area contributed by atoms with E-state index in [1.165, 1.54) is 12.1 Å². The molecule has 0 unspecified atom stereocenters. The van der Waals surface area contributed by atoms with Gasteiger partial charge in [0, 0.05) is 11.1 Å². The topological polar surface area (TPSA) is 81.2 Å². The Morgan fingerprint density at radius 3 is 2.48 bits per heavy atom. The molecule has 1 aromatic heterocycles. The summed E-state index contributed by atoms with van der Waals surface area (Å²) < 4.78 is 23.9. The fourth-order valence-corrected chi connectivity index (χ4v) is 2.74. The minimum absolute atomic E-state index is 0.122. The second-order valence-corrected chi connectivity index (χ2v) is 5.50. The number of aromatic nitrogens is 1. The number of fused-ring (bicyclic) bond motifs is 1. The van der Waals surface area contributed by atoms with E-state index in [1.807, 2.05) is 6.07 Å². The van der Waals surface area contributed by atoms with E-state index in [9.17, 15) is 9.65 Å². The lowest BCUT2D eigenvalue weighted by Gasteiger charge is -2.11. The zero-order valence-electron chi connectivity index (χ0n) is 13.0. The van der Waals surface area contributed by atoms with Crippen LogP contribution in [-0.4, -0.2) is 11.8 Å². The molecule has 2 N–H and O–H groups in total. The first kappa shape index (κ1) is 15.0. The Bertz CT molecular complexity index is 1010. The second-order valence-electron chi connectivity index (χ2n) is 5.50. The first-order valence-electron chi connectivity index (χ1n) is 7.52. The van der Waals surface area contributed by atoms with Gasteiger partial charge in [0.1, 0.15) is 23.3 Å². The molecule has 0 saturated carbocycles. The molecule has 0 bridgehead atoms. The zero-order chi connectivity index (χ0) is 17.4. The van der Waals surface area contributed by atoms with Crippen LogP contribution in [0.3, 0.4) is 0 Å². The van der Waals surface area contributed by atoms with Crippen molar-refractivity contribution in [1.82, 2.24) is 4.98 Å². The highest BCUT2D eigenvalue weighted by Gasteiger charge is 2.18. The standard InChI is InChI=1S/C19H12FN3O2/c20-13-4-1-11(2-5-13)16-8-14(15(9-21)19(22)23-16)12-3-6-17-18(7-12)25-10-24-17/h1-8H,10H2,(H2,22,23). The summed E-state index contributed by atoms with van der Waals surface area (Å²) in [5, 5.41) is 9.48. The Morgan fingerprint density at radius 2 is 1.72 bits per heavy atom. The number of pyridine rings is 1. The summed E-state index contributed by atoms with van der Waals surface area (Å²) in [5.41, 5.74) is 8.93. The van der Waals surface area contributed by atoms with Crippen molar-refractivity contribution in [3.05, 3.63) is 59.9 Å². The first-order valence-corrected chi connectivity index (χ1v) is 7.52. The number of nitriles is 1. The highest BCUT2D eigenvalue weighted by atomic mass is 19.1. The Labute approximate surface area is 143 Å². The van der Waals surface area contributed by atoms with Crippen LogP contribution < -0.4 is 15.2 Å². The molecule has 0 amide bonds. The molecule has 0 aliphatic carbocycles. The van der Waals surface area contributed by atoms with Crippen molar-refractivity contribution in [2.75, 3.05) is 12.5 Å². The van der Waals surface area contributed by atoms with Gasteiger partial charge in [-0.15, -0.1) is 0 Å². The molecule has 25 heavy (non-hydrogen) atoms. The average molecular weight is 333 g/mol. The van der Waals surface area contributed by atoms with Gasteiger partial charge < -0.3 is 15.2 Å². The van der Waals surface area contributed by atoms with E-state index in [-0.39, 0.29) is 24.0 Å². The number of halogens is 1. The van der Waals surface area contributed by atoms with Crippen molar-refractivity contribution in [3.63, 3.8) is 0 Å². The summed E-state index contributed by atoms with van der Waals surface area (Å²) in [7, 11) is 0. The van der Waals surface area contributed by atoms with Gasteiger partial charge in [-0.3, -0.25) is 0 Å². The number of anilines is 1. The minimum atomic E-state index is -0.332. The third-order valence-corrected chi connectivity index (χ3v) is 3.98. The normalized spacial score (nSPS) is 12.0. The number of nitrogens with zero attached hydrogens (tertiary/aromatic N) is 2. The molecule has 2 heterocycles. The maximum atomic E-state index is 13.2. The molecule has 0 radical (unpaired) electrons. The molecular formula is C19H12FN3O2. The van der Waals surface area contributed by atoms with Crippen molar-refractivity contribution >= 4 is 5.82 Å². The summed E-state index contributed by atoms with van der Waals surface area (Å²) in [5.74, 6) is 1.06. The fourth-order valence-electron chi connectivity index (χ4n) is 2.74. The number of rotatable bonds is 2. The Morgan fingerprint density at radius 1 is 1.00 bits per heavy atom. The molecule has 1 aliphatic rings. The highest BCUT2D eigenvalue weighted by Crippen LogP contribution is 2.38. The predicted molar refractivity (Wildman–Crippen MR) is 90.3 cm³/mol. The smallest absolute Gasteiger partial charge is 0.231 e. The van der Waals surface area contributed by atoms with Gasteiger partial charge in [-0.1, -0.05) is 6.07 Å². The molecule has 0 saturated heterocycles. The molecule has 0 fully saturated rings. The molecule has 1 aliphatic heterocycles. The van der Waals surface area contributed by atoms with E-state index in [1.54, 1.807) is 30.3 Å². The SMILES string of the molecule is N#Cc1c(-c2ccc3c(c2)OCO3)cc(-c2ccc(F)cc2)nc1N. The third-order valence-electron chi connectivity index (χ3n) is 3.98. The molecule has 6 heteroatoms. The van der Waals surface area contributed by atoms with Crippen molar-refractivity contribution in [1.29, 1.82) is 5.26 Å². The molecule has 0 atom stereocenters. The molecule has 4 rings (SSSR count). The van der Waals surface area contributed by atoms with Gasteiger partial charge in [0.25, 0.3) is 0 Å². The van der Waals surface area contributed by atoms with Crippen molar-refractivity contribution in [2.45, 2.75) is 0 Å². The molecule has 0 spiro atoms. The van der Waals surface area contributed by atoms with Gasteiger partial charge in [0.05, 0.1) is 5.69 Å². The van der Waals surface area contributed by atoms with Crippen LogP contribution in [-0.2, 0) is 0 Å². The lowest BCUT2D eigenvalue weighted by molar-refractivity contribution is 0.174. The van der Waals surface area contributed by atoms with E-state index in [2.05, 4.69) is 11.1 Å². The maximum absolute atomic E-state index is 13.2. The molecule has 2 aromatic carbocycles. The lowest BCUT2D eigenvalue weighted by Crippen LogP contribution is -2.00. The van der Waals surface area contributed by atoms with Crippen LogP contribution in [0.25, 0.3) is 22.4 Å². The maximum Gasteiger partial charge on any atom is 0.231 e. The van der Waals surface area contributed by atoms with Crippen molar-refractivity contribution in [2.24, 2.45) is 0 Å². The van der Waals surface area contributed by atoms with E-state index < -0.39 is 0 Å². The van der Waals surface area contributed by atoms with Crippen molar-refractivity contribution in [3.8, 4) is 40.0 Å². The highest BCUT2D eigenvalue weighted by molar-refractivity contribution is 5.81. The van der Waals surface area contributed by atoms with Crippen LogP contribution in [0.5, 0.6) is 11.5 Å². The minimum Gasteiger partial charge on any atom is -0.454 e. The number of hydrogen-bond acceptors (Lipinski definition) is 5. The molecule has 122 valence electrons. The number of benzene rings is 2. The summed E-state index contributed by atoms with van der Waals surface area (Å²) in [6.45, 7) is 0.170. The largest absolute Gasteiger partial charge is 0.454 e. The van der Waals surface area contributed by atoms with E-state index >= 15 is 0 Å². The van der Waals surface area contributed by atoms with Gasteiger partial charge in [-0.25, -0.2) is 9.37 Å². The summed E-state index contributed by atoms with van der Waals surface area (Å²) in [6, 6.07) is 15.2. The van der Waals surface area contributed by atoms with Crippen LogP contribution in [0.4, 0.5) is 10.2 Å². The van der Waals surface area contributed by atoms with E-state index in [4.69, 9.17) is 15.2 Å². The summed E-state index contributed by atoms with van der Waals surface area (Å²) in [4.78, 5) is 4.28. The van der Waals surface area contributed by atoms with Gasteiger partial charge in [-0.2, -0.15) is 5.26 Å². The van der Waals surface area contributed by atoms with Gasteiger partial charge in [0.2, 0.25) is 6.79 Å². The number of nitrogens with two attached hydrogens (primary N) is 1. The number of ether oxygens (including phenoxy) is 2. The van der Waals surface area contributed by atoms with Crippen LogP contribution in [0.15, 0.2) is 48.5 Å². The predicted octanol–water partition coefficient (Wildman–Crippen LogP) is 3.74.